The highest BCUT2D eigenvalue weighted by atomic mass is 16.2. The second kappa shape index (κ2) is 6.26. The molecular weight excluding hydrogens is 264 g/mol. The Morgan fingerprint density at radius 2 is 2.19 bits per heavy atom. The van der Waals surface area contributed by atoms with Crippen LogP contribution in [0.4, 0.5) is 0 Å². The van der Waals surface area contributed by atoms with E-state index in [1.807, 2.05) is 37.5 Å². The molecule has 5 nitrogen and oxygen atoms in total. The predicted octanol–water partition coefficient (Wildman–Crippen LogP) is 1.84. The lowest BCUT2D eigenvalue weighted by atomic mass is 10.1. The molecule has 2 aromatic rings. The van der Waals surface area contributed by atoms with Gasteiger partial charge in [-0.05, 0) is 39.6 Å². The van der Waals surface area contributed by atoms with Crippen LogP contribution in [0, 0.1) is 6.92 Å². The van der Waals surface area contributed by atoms with Gasteiger partial charge >= 0.3 is 0 Å². The van der Waals surface area contributed by atoms with Gasteiger partial charge in [-0.3, -0.25) is 14.4 Å². The molecule has 0 aliphatic rings. The Morgan fingerprint density at radius 1 is 1.48 bits per heavy atom. The molecule has 1 N–H and O–H groups in total. The number of fused-ring (bicyclic) bond motifs is 1. The van der Waals surface area contributed by atoms with E-state index in [0.717, 1.165) is 23.1 Å². The van der Waals surface area contributed by atoms with E-state index in [0.29, 0.717) is 6.54 Å². The molecule has 0 saturated heterocycles. The summed E-state index contributed by atoms with van der Waals surface area (Å²) in [5, 5.41) is 8.60. The lowest BCUT2D eigenvalue weighted by Crippen LogP contribution is -2.42. The number of benzene rings is 1. The normalized spacial score (nSPS) is 12.9. The highest BCUT2D eigenvalue weighted by Crippen LogP contribution is 2.19. The third-order valence-corrected chi connectivity index (χ3v) is 4.05. The Kier molecular flexibility index (Phi) is 4.63. The molecular formula is C16H24N4O. The van der Waals surface area contributed by atoms with Gasteiger partial charge < -0.3 is 5.32 Å². The Morgan fingerprint density at radius 3 is 2.86 bits per heavy atom. The van der Waals surface area contributed by atoms with E-state index >= 15 is 0 Å². The fourth-order valence-electron chi connectivity index (χ4n) is 2.38. The highest BCUT2D eigenvalue weighted by molar-refractivity contribution is 5.84. The van der Waals surface area contributed by atoms with E-state index in [2.05, 4.69) is 35.5 Å². The van der Waals surface area contributed by atoms with Crippen molar-refractivity contribution in [2.24, 2.45) is 7.05 Å². The maximum atomic E-state index is 12.1. The topological polar surface area (TPSA) is 50.2 Å². The standard InChI is InChI=1S/C16H24N4O/c1-6-19(4)12(3)16(21)17-10-14-13-9-11(2)7-8-15(13)20(5)18-14/h7-9,12H,6,10H2,1-5H3,(H,17,21). The molecule has 21 heavy (non-hydrogen) atoms. The first-order valence-corrected chi connectivity index (χ1v) is 7.34. The summed E-state index contributed by atoms with van der Waals surface area (Å²) < 4.78 is 1.86. The van der Waals surface area contributed by atoms with Crippen molar-refractivity contribution in [3.63, 3.8) is 0 Å². The van der Waals surface area contributed by atoms with Crippen molar-refractivity contribution in [1.29, 1.82) is 0 Å². The molecule has 0 aliphatic heterocycles. The number of hydrogen-bond donors (Lipinski definition) is 1. The van der Waals surface area contributed by atoms with E-state index in [4.69, 9.17) is 0 Å². The first-order valence-electron chi connectivity index (χ1n) is 7.34. The van der Waals surface area contributed by atoms with Crippen molar-refractivity contribution < 1.29 is 4.79 Å². The minimum absolute atomic E-state index is 0.0332. The molecule has 114 valence electrons. The van der Waals surface area contributed by atoms with Crippen LogP contribution < -0.4 is 5.32 Å². The van der Waals surface area contributed by atoms with E-state index in [1.54, 1.807) is 0 Å². The van der Waals surface area contributed by atoms with E-state index in [9.17, 15) is 4.79 Å². The average Bonchev–Trinajstić information content (AvgIpc) is 2.78. The monoisotopic (exact) mass is 288 g/mol. The number of nitrogens with zero attached hydrogens (tertiary/aromatic N) is 3. The quantitative estimate of drug-likeness (QED) is 0.913. The van der Waals surface area contributed by atoms with Crippen molar-refractivity contribution in [3.8, 4) is 0 Å². The lowest BCUT2D eigenvalue weighted by molar-refractivity contribution is -0.125. The van der Waals surface area contributed by atoms with Crippen LogP contribution in [-0.2, 0) is 18.4 Å². The number of likely N-dealkylation sites (N-methyl/N-ethyl adjacent to an activating group) is 1. The van der Waals surface area contributed by atoms with Crippen LogP contribution in [0.25, 0.3) is 10.9 Å². The second-order valence-electron chi connectivity index (χ2n) is 5.56. The predicted molar refractivity (Wildman–Crippen MR) is 85.1 cm³/mol. The van der Waals surface area contributed by atoms with Crippen LogP contribution in [0.1, 0.15) is 25.1 Å². The van der Waals surface area contributed by atoms with E-state index < -0.39 is 0 Å². The van der Waals surface area contributed by atoms with Gasteiger partial charge in [0.2, 0.25) is 5.91 Å². The van der Waals surface area contributed by atoms with Gasteiger partial charge in [-0.15, -0.1) is 0 Å². The fraction of sp³-hybridized carbons (Fsp3) is 0.500. The molecule has 1 amide bonds. The summed E-state index contributed by atoms with van der Waals surface area (Å²) in [4.78, 5) is 14.1. The zero-order valence-electron chi connectivity index (χ0n) is 13.5. The van der Waals surface area contributed by atoms with E-state index in [-0.39, 0.29) is 11.9 Å². The molecule has 0 fully saturated rings. The van der Waals surface area contributed by atoms with Gasteiger partial charge in [0.25, 0.3) is 0 Å². The number of amides is 1. The van der Waals surface area contributed by atoms with Crippen molar-refractivity contribution in [3.05, 3.63) is 29.5 Å². The zero-order valence-corrected chi connectivity index (χ0v) is 13.5. The number of nitrogens with one attached hydrogen (secondary N) is 1. The summed E-state index contributed by atoms with van der Waals surface area (Å²) in [6.45, 7) is 7.33. The Labute approximate surface area is 125 Å². The minimum atomic E-state index is -0.133. The Bertz CT molecular complexity index is 647. The Balaban J connectivity index is 2.14. The minimum Gasteiger partial charge on any atom is -0.349 e. The summed E-state index contributed by atoms with van der Waals surface area (Å²) in [5.41, 5.74) is 3.20. The molecule has 0 saturated carbocycles. The molecule has 5 heteroatoms. The molecule has 1 atom stereocenters. The van der Waals surface area contributed by atoms with Crippen molar-refractivity contribution in [2.45, 2.75) is 33.4 Å². The first kappa shape index (κ1) is 15.5. The van der Waals surface area contributed by atoms with Crippen molar-refractivity contribution in [2.75, 3.05) is 13.6 Å². The molecule has 1 unspecified atom stereocenters. The van der Waals surface area contributed by atoms with Crippen molar-refractivity contribution >= 4 is 16.8 Å². The highest BCUT2D eigenvalue weighted by Gasteiger charge is 2.17. The third-order valence-electron chi connectivity index (χ3n) is 4.05. The van der Waals surface area contributed by atoms with Gasteiger partial charge in [0.05, 0.1) is 23.8 Å². The molecule has 0 aliphatic carbocycles. The number of aromatic nitrogens is 2. The number of aryl methyl sites for hydroxylation is 2. The van der Waals surface area contributed by atoms with Crippen LogP contribution in [0.15, 0.2) is 18.2 Å². The second-order valence-corrected chi connectivity index (χ2v) is 5.56. The van der Waals surface area contributed by atoms with Crippen LogP contribution >= 0.6 is 0 Å². The van der Waals surface area contributed by atoms with Crippen LogP contribution in [-0.4, -0.2) is 40.2 Å². The summed E-state index contributed by atoms with van der Waals surface area (Å²) in [6, 6.07) is 6.12. The maximum absolute atomic E-state index is 12.1. The van der Waals surface area contributed by atoms with Crippen LogP contribution in [0.5, 0.6) is 0 Å². The summed E-state index contributed by atoms with van der Waals surface area (Å²) in [7, 11) is 3.88. The lowest BCUT2D eigenvalue weighted by Gasteiger charge is -2.21. The van der Waals surface area contributed by atoms with Crippen LogP contribution in [0.2, 0.25) is 0 Å². The van der Waals surface area contributed by atoms with Crippen LogP contribution in [0.3, 0.4) is 0 Å². The number of carbonyl (C=O) groups excluding carboxylic acids is 1. The SMILES string of the molecule is CCN(C)C(C)C(=O)NCc1nn(C)c2ccc(C)cc12. The van der Waals surface area contributed by atoms with Gasteiger partial charge in [-0.25, -0.2) is 0 Å². The maximum Gasteiger partial charge on any atom is 0.237 e. The molecule has 0 radical (unpaired) electrons. The molecule has 0 bridgehead atoms. The molecule has 2 rings (SSSR count). The van der Waals surface area contributed by atoms with Gasteiger partial charge in [0, 0.05) is 12.4 Å². The molecule has 0 spiro atoms. The average molecular weight is 288 g/mol. The Hall–Kier alpha value is -1.88. The largest absolute Gasteiger partial charge is 0.349 e. The molecule has 1 aromatic carbocycles. The number of rotatable bonds is 5. The van der Waals surface area contributed by atoms with Crippen molar-refractivity contribution in [1.82, 2.24) is 20.0 Å². The number of hydrogen-bond acceptors (Lipinski definition) is 3. The first-order chi connectivity index (χ1) is 9.93. The zero-order chi connectivity index (χ0) is 15.6. The van der Waals surface area contributed by atoms with Gasteiger partial charge in [0.1, 0.15) is 0 Å². The van der Waals surface area contributed by atoms with Gasteiger partial charge in [0.15, 0.2) is 0 Å². The van der Waals surface area contributed by atoms with Gasteiger partial charge in [-0.1, -0.05) is 18.6 Å². The summed E-state index contributed by atoms with van der Waals surface area (Å²) in [5.74, 6) is 0.0332. The molecule has 1 aromatic heterocycles. The number of carbonyl (C=O) groups is 1. The fourth-order valence-corrected chi connectivity index (χ4v) is 2.38. The third kappa shape index (κ3) is 3.24. The summed E-state index contributed by atoms with van der Waals surface area (Å²) in [6.07, 6.45) is 0. The van der Waals surface area contributed by atoms with Gasteiger partial charge in [-0.2, -0.15) is 5.10 Å². The van der Waals surface area contributed by atoms with E-state index in [1.165, 1.54) is 5.56 Å². The smallest absolute Gasteiger partial charge is 0.237 e. The molecule has 1 heterocycles. The summed E-state index contributed by atoms with van der Waals surface area (Å²) >= 11 is 0.